The molecule has 6 heteroatoms. The number of nitro groups is 1. The highest BCUT2D eigenvalue weighted by Gasteiger charge is 2.48. The van der Waals surface area contributed by atoms with Gasteiger partial charge in [-0.25, -0.2) is 0 Å². The first-order valence-electron chi connectivity index (χ1n) is 7.17. The Balaban J connectivity index is 2.34. The summed E-state index contributed by atoms with van der Waals surface area (Å²) in [7, 11) is 0. The van der Waals surface area contributed by atoms with E-state index in [1.165, 1.54) is 12.1 Å². The van der Waals surface area contributed by atoms with E-state index < -0.39 is 16.4 Å². The third-order valence-corrected chi connectivity index (χ3v) is 4.55. The lowest BCUT2D eigenvalue weighted by atomic mass is 9.91. The van der Waals surface area contributed by atoms with E-state index in [9.17, 15) is 20.0 Å². The molecule has 1 saturated heterocycles. The molecule has 2 atom stereocenters. The van der Waals surface area contributed by atoms with Crippen molar-refractivity contribution in [2.24, 2.45) is 0 Å². The summed E-state index contributed by atoms with van der Waals surface area (Å²) >= 11 is 0. The highest BCUT2D eigenvalue weighted by atomic mass is 16.6. The zero-order chi connectivity index (χ0) is 15.6. The number of nitro benzene ring substituents is 1. The molecular formula is C15H20N2O4. The largest absolute Gasteiger partial charge is 0.480 e. The van der Waals surface area contributed by atoms with Crippen LogP contribution >= 0.6 is 0 Å². The van der Waals surface area contributed by atoms with Crippen molar-refractivity contribution in [3.63, 3.8) is 0 Å². The predicted molar refractivity (Wildman–Crippen MR) is 78.1 cm³/mol. The minimum atomic E-state index is -0.857. The lowest BCUT2D eigenvalue weighted by Gasteiger charge is -2.38. The molecule has 1 N–H and O–H groups in total. The lowest BCUT2D eigenvalue weighted by Crippen LogP contribution is -2.50. The van der Waals surface area contributed by atoms with Crippen molar-refractivity contribution in [1.29, 1.82) is 0 Å². The molecule has 0 spiro atoms. The molecule has 1 aliphatic rings. The number of aliphatic carboxylic acids is 1. The molecule has 0 amide bonds. The molecule has 1 aliphatic heterocycles. The van der Waals surface area contributed by atoms with Gasteiger partial charge in [-0.3, -0.25) is 19.8 Å². The number of hydrogen-bond donors (Lipinski definition) is 1. The topological polar surface area (TPSA) is 83.7 Å². The van der Waals surface area contributed by atoms with Gasteiger partial charge in [-0.1, -0.05) is 19.1 Å². The monoisotopic (exact) mass is 292 g/mol. The first kappa shape index (κ1) is 15.4. The van der Waals surface area contributed by atoms with Crippen LogP contribution in [-0.4, -0.2) is 33.0 Å². The third kappa shape index (κ3) is 2.63. The summed E-state index contributed by atoms with van der Waals surface area (Å²) < 4.78 is 0. The fourth-order valence-electron chi connectivity index (χ4n) is 3.30. The number of nitrogens with zero attached hydrogens (tertiary/aromatic N) is 2. The standard InChI is InChI=1S/C15H20N2O4/c1-3-15(14(18)19)8-5-9-16(15)11(2)12-6-4-7-13(10-12)17(20)21/h4,6-7,10-11H,3,5,8-9H2,1-2H3,(H,18,19). The average molecular weight is 292 g/mol. The van der Waals surface area contributed by atoms with Crippen molar-refractivity contribution in [1.82, 2.24) is 4.90 Å². The maximum atomic E-state index is 11.7. The fraction of sp³-hybridized carbons (Fsp3) is 0.533. The van der Waals surface area contributed by atoms with Gasteiger partial charge in [-0.15, -0.1) is 0 Å². The second-order valence-corrected chi connectivity index (χ2v) is 5.52. The van der Waals surface area contributed by atoms with Crippen molar-refractivity contribution in [2.75, 3.05) is 6.54 Å². The van der Waals surface area contributed by atoms with Crippen molar-refractivity contribution >= 4 is 11.7 Å². The van der Waals surface area contributed by atoms with Gasteiger partial charge in [0.2, 0.25) is 0 Å². The van der Waals surface area contributed by atoms with Gasteiger partial charge in [0.25, 0.3) is 5.69 Å². The Morgan fingerprint density at radius 2 is 2.29 bits per heavy atom. The number of non-ortho nitro benzene ring substituents is 1. The molecule has 1 heterocycles. The first-order chi connectivity index (χ1) is 9.92. The second kappa shape index (κ2) is 5.81. The number of carbonyl (C=O) groups is 1. The number of carboxylic acids is 1. The number of carboxylic acid groups (broad SMARTS) is 1. The van der Waals surface area contributed by atoms with Gasteiger partial charge < -0.3 is 5.11 Å². The van der Waals surface area contributed by atoms with Gasteiger partial charge in [0.15, 0.2) is 0 Å². The molecule has 0 aliphatic carbocycles. The number of rotatable bonds is 5. The molecule has 1 fully saturated rings. The Hall–Kier alpha value is -1.95. The van der Waals surface area contributed by atoms with Crippen LogP contribution in [0.4, 0.5) is 5.69 Å². The van der Waals surface area contributed by atoms with E-state index in [4.69, 9.17) is 0 Å². The van der Waals surface area contributed by atoms with E-state index >= 15 is 0 Å². The average Bonchev–Trinajstić information content (AvgIpc) is 2.91. The molecule has 1 aromatic rings. The summed E-state index contributed by atoms with van der Waals surface area (Å²) in [6, 6.07) is 6.28. The van der Waals surface area contributed by atoms with Crippen LogP contribution in [0.1, 0.15) is 44.7 Å². The predicted octanol–water partition coefficient (Wildman–Crippen LogP) is 2.99. The molecule has 0 aromatic heterocycles. The maximum Gasteiger partial charge on any atom is 0.324 e. The molecule has 21 heavy (non-hydrogen) atoms. The fourth-order valence-corrected chi connectivity index (χ4v) is 3.30. The van der Waals surface area contributed by atoms with Gasteiger partial charge in [0.05, 0.1) is 4.92 Å². The molecule has 0 radical (unpaired) electrons. The van der Waals surface area contributed by atoms with Crippen LogP contribution < -0.4 is 0 Å². The Bertz CT molecular complexity index is 560. The second-order valence-electron chi connectivity index (χ2n) is 5.52. The summed E-state index contributed by atoms with van der Waals surface area (Å²) in [6.45, 7) is 4.49. The Kier molecular flexibility index (Phi) is 4.27. The van der Waals surface area contributed by atoms with Gasteiger partial charge in [-0.2, -0.15) is 0 Å². The normalized spacial score (nSPS) is 23.9. The van der Waals surface area contributed by atoms with Crippen molar-refractivity contribution in [3.05, 3.63) is 39.9 Å². The molecule has 0 saturated carbocycles. The third-order valence-electron chi connectivity index (χ3n) is 4.55. The van der Waals surface area contributed by atoms with Crippen LogP contribution in [0, 0.1) is 10.1 Å². The first-order valence-corrected chi connectivity index (χ1v) is 7.17. The molecule has 114 valence electrons. The van der Waals surface area contributed by atoms with Crippen LogP contribution in [-0.2, 0) is 4.79 Å². The van der Waals surface area contributed by atoms with Crippen LogP contribution in [0.25, 0.3) is 0 Å². The lowest BCUT2D eigenvalue weighted by molar-refractivity contribution is -0.385. The van der Waals surface area contributed by atoms with Gasteiger partial charge >= 0.3 is 5.97 Å². The minimum absolute atomic E-state index is 0.0379. The summed E-state index contributed by atoms with van der Waals surface area (Å²) in [5, 5.41) is 20.5. The Morgan fingerprint density at radius 3 is 2.86 bits per heavy atom. The number of hydrogen-bond acceptors (Lipinski definition) is 4. The van der Waals surface area contributed by atoms with Gasteiger partial charge in [-0.05, 0) is 38.3 Å². The van der Waals surface area contributed by atoms with Crippen LogP contribution in [0.2, 0.25) is 0 Å². The van der Waals surface area contributed by atoms with E-state index in [0.29, 0.717) is 19.4 Å². The van der Waals surface area contributed by atoms with E-state index in [1.807, 2.05) is 24.8 Å². The van der Waals surface area contributed by atoms with Crippen LogP contribution in [0.15, 0.2) is 24.3 Å². The summed E-state index contributed by atoms with van der Waals surface area (Å²) in [6.07, 6.45) is 1.99. The zero-order valence-corrected chi connectivity index (χ0v) is 12.3. The van der Waals surface area contributed by atoms with E-state index in [2.05, 4.69) is 0 Å². The highest BCUT2D eigenvalue weighted by Crippen LogP contribution is 2.39. The van der Waals surface area contributed by atoms with Crippen LogP contribution in [0.3, 0.4) is 0 Å². The molecule has 2 unspecified atom stereocenters. The van der Waals surface area contributed by atoms with Crippen molar-refractivity contribution in [3.8, 4) is 0 Å². The molecule has 2 rings (SSSR count). The summed E-state index contributed by atoms with van der Waals surface area (Å²) in [5.74, 6) is -0.806. The minimum Gasteiger partial charge on any atom is -0.480 e. The summed E-state index contributed by atoms with van der Waals surface area (Å²) in [5.41, 5.74) is -0.0366. The van der Waals surface area contributed by atoms with E-state index in [1.54, 1.807) is 6.07 Å². The molecule has 1 aromatic carbocycles. The SMILES string of the molecule is CCC1(C(=O)O)CCCN1C(C)c1cccc([N+](=O)[O-])c1. The maximum absolute atomic E-state index is 11.7. The van der Waals surface area contributed by atoms with Crippen LogP contribution in [0.5, 0.6) is 0 Å². The quantitative estimate of drug-likeness (QED) is 0.666. The molecule has 0 bridgehead atoms. The summed E-state index contributed by atoms with van der Waals surface area (Å²) in [4.78, 5) is 24.2. The van der Waals surface area contributed by atoms with Crippen molar-refractivity contribution < 1.29 is 14.8 Å². The smallest absolute Gasteiger partial charge is 0.324 e. The number of likely N-dealkylation sites (tertiary alicyclic amines) is 1. The van der Waals surface area contributed by atoms with Crippen molar-refractivity contribution in [2.45, 2.75) is 44.7 Å². The number of benzene rings is 1. The highest BCUT2D eigenvalue weighted by molar-refractivity contribution is 5.79. The van der Waals surface area contributed by atoms with Gasteiger partial charge in [0, 0.05) is 18.2 Å². The van der Waals surface area contributed by atoms with E-state index in [-0.39, 0.29) is 11.7 Å². The molecule has 6 nitrogen and oxygen atoms in total. The van der Waals surface area contributed by atoms with E-state index in [0.717, 1.165) is 12.0 Å². The zero-order valence-electron chi connectivity index (χ0n) is 12.3. The molecular weight excluding hydrogens is 272 g/mol. The Labute approximate surface area is 123 Å². The Morgan fingerprint density at radius 1 is 1.57 bits per heavy atom. The van der Waals surface area contributed by atoms with Gasteiger partial charge in [0.1, 0.15) is 5.54 Å².